The lowest BCUT2D eigenvalue weighted by Crippen LogP contribution is -2.05. The Morgan fingerprint density at radius 2 is 1.20 bits per heavy atom. The van der Waals surface area contributed by atoms with Crippen LogP contribution in [-0.4, -0.2) is 6.79 Å². The molecule has 0 amide bonds. The molecule has 30 heavy (non-hydrogen) atoms. The molecule has 0 radical (unpaired) electrons. The topological polar surface area (TPSA) is 18.5 Å². The highest BCUT2D eigenvalue weighted by Crippen LogP contribution is 2.19. The lowest BCUT2D eigenvalue weighted by atomic mass is 10.0. The van der Waals surface area contributed by atoms with Crippen LogP contribution in [0.25, 0.3) is 10.8 Å². The maximum Gasteiger partial charge on any atom is 0.230 e. The molecule has 0 N–H and O–H groups in total. The number of hydrogen-bond acceptors (Lipinski definition) is 2. The van der Waals surface area contributed by atoms with Crippen LogP contribution in [0.2, 0.25) is 0 Å². The van der Waals surface area contributed by atoms with Gasteiger partial charge < -0.3 is 9.47 Å². The lowest BCUT2D eigenvalue weighted by Gasteiger charge is -2.08. The third kappa shape index (κ3) is 5.40. The number of fused-ring (bicyclic) bond motifs is 1. The monoisotopic (exact) mass is 428 g/mol. The predicted molar refractivity (Wildman–Crippen MR) is 132 cm³/mol. The van der Waals surface area contributed by atoms with E-state index in [1.54, 1.807) is 0 Å². The molecule has 2 atom stereocenters. The van der Waals surface area contributed by atoms with Crippen molar-refractivity contribution in [3.63, 3.8) is 0 Å². The molecular weight excluding hydrogens is 406 g/mol. The summed E-state index contributed by atoms with van der Waals surface area (Å²) in [5.41, 5.74) is 3.26. The molecule has 4 rings (SSSR count). The highest BCUT2D eigenvalue weighted by Gasteiger charge is 1.98. The van der Waals surface area contributed by atoms with Crippen LogP contribution >= 0.6 is 18.5 Å². The van der Waals surface area contributed by atoms with Gasteiger partial charge in [-0.1, -0.05) is 48.2 Å². The van der Waals surface area contributed by atoms with Crippen molar-refractivity contribution in [1.29, 1.82) is 0 Å². The summed E-state index contributed by atoms with van der Waals surface area (Å²) in [4.78, 5) is 0. The minimum Gasteiger partial charge on any atom is -0.458 e. The zero-order chi connectivity index (χ0) is 20.8. The third-order valence-corrected chi connectivity index (χ3v) is 5.53. The zero-order valence-electron chi connectivity index (χ0n) is 16.5. The maximum atomic E-state index is 5.65. The molecule has 0 saturated carbocycles. The molecule has 0 aromatic heterocycles. The SMILES string of the molecule is PCc1ccc2cc(C#Cc3ccc(OCOc4ccc(P)cc4)cc3)ccc2c1. The van der Waals surface area contributed by atoms with Gasteiger partial charge in [0.15, 0.2) is 0 Å². The van der Waals surface area contributed by atoms with Crippen LogP contribution in [0.3, 0.4) is 0 Å². The first-order valence-electron chi connectivity index (χ1n) is 9.65. The Bertz CT molecular complexity index is 1200. The average Bonchev–Trinajstić information content (AvgIpc) is 2.79. The smallest absolute Gasteiger partial charge is 0.230 e. The molecule has 0 aliphatic rings. The summed E-state index contributed by atoms with van der Waals surface area (Å²) in [7, 11) is 5.41. The Balaban J connectivity index is 1.37. The van der Waals surface area contributed by atoms with Crippen LogP contribution in [0, 0.1) is 11.8 Å². The van der Waals surface area contributed by atoms with Crippen molar-refractivity contribution in [1.82, 2.24) is 0 Å². The van der Waals surface area contributed by atoms with E-state index in [0.717, 1.165) is 34.1 Å². The van der Waals surface area contributed by atoms with Gasteiger partial charge in [0.25, 0.3) is 0 Å². The summed E-state index contributed by atoms with van der Waals surface area (Å²) >= 11 is 0. The van der Waals surface area contributed by atoms with E-state index in [-0.39, 0.29) is 6.79 Å². The van der Waals surface area contributed by atoms with E-state index in [0.29, 0.717) is 0 Å². The second-order valence-corrected chi connectivity index (χ2v) is 7.93. The van der Waals surface area contributed by atoms with Crippen molar-refractivity contribution < 1.29 is 9.47 Å². The van der Waals surface area contributed by atoms with E-state index in [9.17, 15) is 0 Å². The van der Waals surface area contributed by atoms with Gasteiger partial charge in [-0.25, -0.2) is 0 Å². The molecule has 4 heteroatoms. The van der Waals surface area contributed by atoms with Crippen molar-refractivity contribution in [2.75, 3.05) is 6.79 Å². The van der Waals surface area contributed by atoms with Crippen LogP contribution in [0.1, 0.15) is 16.7 Å². The predicted octanol–water partition coefficient (Wildman–Crippen LogP) is 5.53. The second-order valence-electron chi connectivity index (χ2n) is 6.85. The Hall–Kier alpha value is -2.84. The van der Waals surface area contributed by atoms with Crippen molar-refractivity contribution in [2.45, 2.75) is 6.16 Å². The van der Waals surface area contributed by atoms with E-state index < -0.39 is 0 Å². The summed E-state index contributed by atoms with van der Waals surface area (Å²) in [6.45, 7) is 0.163. The molecule has 148 valence electrons. The first kappa shape index (κ1) is 20.4. The Kier molecular flexibility index (Phi) is 6.66. The summed E-state index contributed by atoms with van der Waals surface area (Å²) < 4.78 is 11.2. The highest BCUT2D eigenvalue weighted by atomic mass is 31.0. The van der Waals surface area contributed by atoms with E-state index >= 15 is 0 Å². The largest absolute Gasteiger partial charge is 0.458 e. The van der Waals surface area contributed by atoms with Gasteiger partial charge in [-0.05, 0) is 76.3 Å². The van der Waals surface area contributed by atoms with E-state index in [1.165, 1.54) is 16.3 Å². The van der Waals surface area contributed by atoms with Gasteiger partial charge in [0, 0.05) is 11.1 Å². The molecular formula is C26H22O2P2. The molecule has 0 fully saturated rings. The van der Waals surface area contributed by atoms with Crippen LogP contribution in [-0.2, 0) is 6.16 Å². The standard InChI is InChI=1S/C26H22O2P2/c29-17-21-4-8-22-15-20(3-7-23(22)16-21)2-1-19-5-9-24(10-6-19)27-18-28-25-11-13-26(30)14-12-25/h3-16H,17-18,29-30H2. The Morgan fingerprint density at radius 3 is 1.90 bits per heavy atom. The first-order valence-corrected chi connectivity index (χ1v) is 11.0. The molecule has 2 unspecified atom stereocenters. The van der Waals surface area contributed by atoms with Gasteiger partial charge in [-0.3, -0.25) is 0 Å². The Labute approximate surface area is 182 Å². The van der Waals surface area contributed by atoms with E-state index in [1.807, 2.05) is 48.5 Å². The fraction of sp³-hybridized carbons (Fsp3) is 0.0769. The summed E-state index contributed by atoms with van der Waals surface area (Å²) in [5.74, 6) is 8.00. The molecule has 4 aromatic rings. The molecule has 0 aliphatic heterocycles. The molecule has 4 aromatic carbocycles. The lowest BCUT2D eigenvalue weighted by molar-refractivity contribution is 0.120. The van der Waals surface area contributed by atoms with Gasteiger partial charge in [-0.15, -0.1) is 18.5 Å². The van der Waals surface area contributed by atoms with Gasteiger partial charge in [0.05, 0.1) is 0 Å². The van der Waals surface area contributed by atoms with Crippen molar-refractivity contribution in [3.05, 3.63) is 102 Å². The maximum absolute atomic E-state index is 5.65. The number of ether oxygens (including phenoxy) is 2. The highest BCUT2D eigenvalue weighted by molar-refractivity contribution is 7.27. The fourth-order valence-electron chi connectivity index (χ4n) is 3.01. The zero-order valence-corrected chi connectivity index (χ0v) is 18.8. The first-order chi connectivity index (χ1) is 14.7. The van der Waals surface area contributed by atoms with Crippen molar-refractivity contribution in [3.8, 4) is 23.3 Å². The van der Waals surface area contributed by atoms with Gasteiger partial charge in [-0.2, -0.15) is 0 Å². The van der Waals surface area contributed by atoms with Gasteiger partial charge in [0.1, 0.15) is 11.5 Å². The van der Waals surface area contributed by atoms with Crippen LogP contribution in [0.15, 0.2) is 84.9 Å². The molecule has 0 saturated heterocycles. The molecule has 0 bridgehead atoms. The quantitative estimate of drug-likeness (QED) is 0.236. The second kappa shape index (κ2) is 9.77. The third-order valence-electron chi connectivity index (χ3n) is 4.68. The minimum atomic E-state index is 0.163. The molecule has 0 aliphatic carbocycles. The van der Waals surface area contributed by atoms with E-state index in [2.05, 4.69) is 66.7 Å². The van der Waals surface area contributed by atoms with Crippen LogP contribution < -0.4 is 14.8 Å². The molecule has 0 heterocycles. The average molecular weight is 428 g/mol. The summed E-state index contributed by atoms with van der Waals surface area (Å²) in [6.07, 6.45) is 0.967. The summed E-state index contributed by atoms with van der Waals surface area (Å²) in [5, 5.41) is 3.57. The fourth-order valence-corrected chi connectivity index (χ4v) is 3.45. The number of rotatable bonds is 5. The molecule has 0 spiro atoms. The van der Waals surface area contributed by atoms with Crippen LogP contribution in [0.5, 0.6) is 11.5 Å². The van der Waals surface area contributed by atoms with Crippen LogP contribution in [0.4, 0.5) is 0 Å². The minimum absolute atomic E-state index is 0.163. The normalized spacial score (nSPS) is 10.3. The summed E-state index contributed by atoms with van der Waals surface area (Å²) in [6, 6.07) is 28.4. The number of benzene rings is 4. The van der Waals surface area contributed by atoms with Gasteiger partial charge in [0.2, 0.25) is 6.79 Å². The van der Waals surface area contributed by atoms with Crippen molar-refractivity contribution in [2.24, 2.45) is 0 Å². The van der Waals surface area contributed by atoms with Crippen molar-refractivity contribution >= 4 is 34.6 Å². The van der Waals surface area contributed by atoms with E-state index in [4.69, 9.17) is 9.47 Å². The number of hydrogen-bond donors (Lipinski definition) is 0. The Morgan fingerprint density at radius 1 is 0.633 bits per heavy atom. The van der Waals surface area contributed by atoms with Gasteiger partial charge >= 0.3 is 0 Å². The molecule has 2 nitrogen and oxygen atoms in total.